The van der Waals surface area contributed by atoms with Crippen molar-refractivity contribution in [3.63, 3.8) is 0 Å². The smallest absolute Gasteiger partial charge is 0.131 e. The van der Waals surface area contributed by atoms with Gasteiger partial charge in [-0.1, -0.05) is 18.2 Å². The SMILES string of the molecule is CC1(C)Oc2ccccc2C1C=O. The van der Waals surface area contributed by atoms with Crippen molar-refractivity contribution in [3.8, 4) is 5.75 Å². The predicted octanol–water partition coefficient (Wildman–Crippen LogP) is 2.14. The van der Waals surface area contributed by atoms with E-state index in [-0.39, 0.29) is 5.92 Å². The monoisotopic (exact) mass is 176 g/mol. The van der Waals surface area contributed by atoms with Crippen LogP contribution in [0.2, 0.25) is 0 Å². The number of aldehydes is 1. The minimum Gasteiger partial charge on any atom is -0.486 e. The molecule has 2 heteroatoms. The fraction of sp³-hybridized carbons (Fsp3) is 0.364. The number of hydrogen-bond acceptors (Lipinski definition) is 2. The van der Waals surface area contributed by atoms with Crippen LogP contribution in [0.15, 0.2) is 24.3 Å². The summed E-state index contributed by atoms with van der Waals surface area (Å²) in [6.45, 7) is 3.87. The number of carbonyl (C=O) groups is 1. The van der Waals surface area contributed by atoms with Crippen LogP contribution in [0.25, 0.3) is 0 Å². The van der Waals surface area contributed by atoms with E-state index in [4.69, 9.17) is 4.74 Å². The third-order valence-corrected chi connectivity index (χ3v) is 2.51. The van der Waals surface area contributed by atoms with E-state index in [0.29, 0.717) is 0 Å². The van der Waals surface area contributed by atoms with Crippen LogP contribution in [-0.4, -0.2) is 11.9 Å². The molecule has 0 radical (unpaired) electrons. The summed E-state index contributed by atoms with van der Waals surface area (Å²) >= 11 is 0. The van der Waals surface area contributed by atoms with Gasteiger partial charge in [-0.15, -0.1) is 0 Å². The zero-order valence-electron chi connectivity index (χ0n) is 7.78. The Kier molecular flexibility index (Phi) is 1.65. The van der Waals surface area contributed by atoms with Crippen LogP contribution in [0.3, 0.4) is 0 Å². The maximum atomic E-state index is 10.9. The molecule has 0 bridgehead atoms. The molecule has 1 atom stereocenters. The lowest BCUT2D eigenvalue weighted by Gasteiger charge is -2.21. The molecule has 2 nitrogen and oxygen atoms in total. The zero-order valence-corrected chi connectivity index (χ0v) is 7.78. The van der Waals surface area contributed by atoms with Gasteiger partial charge in [-0.3, -0.25) is 0 Å². The Morgan fingerprint density at radius 2 is 2.08 bits per heavy atom. The Bertz CT molecular complexity index is 342. The molecule has 0 fully saturated rings. The second kappa shape index (κ2) is 2.59. The first-order chi connectivity index (χ1) is 6.15. The van der Waals surface area contributed by atoms with E-state index in [1.807, 2.05) is 38.1 Å². The zero-order chi connectivity index (χ0) is 9.47. The van der Waals surface area contributed by atoms with Gasteiger partial charge in [0.15, 0.2) is 0 Å². The van der Waals surface area contributed by atoms with Gasteiger partial charge in [0.05, 0.1) is 5.92 Å². The molecule has 0 aromatic heterocycles. The van der Waals surface area contributed by atoms with Crippen molar-refractivity contribution in [2.45, 2.75) is 25.4 Å². The Balaban J connectivity index is 2.52. The average Bonchev–Trinajstić information content (AvgIpc) is 2.33. The predicted molar refractivity (Wildman–Crippen MR) is 50.0 cm³/mol. The molecule has 0 aliphatic carbocycles. The van der Waals surface area contributed by atoms with Gasteiger partial charge in [-0.05, 0) is 19.9 Å². The number of para-hydroxylation sites is 1. The molecule has 0 spiro atoms. The van der Waals surface area contributed by atoms with Crippen LogP contribution >= 0.6 is 0 Å². The van der Waals surface area contributed by atoms with E-state index in [9.17, 15) is 4.79 Å². The highest BCUT2D eigenvalue weighted by Gasteiger charge is 2.40. The molecule has 1 aliphatic rings. The normalized spacial score (nSPS) is 23.4. The van der Waals surface area contributed by atoms with E-state index < -0.39 is 5.60 Å². The summed E-state index contributed by atoms with van der Waals surface area (Å²) in [7, 11) is 0. The molecular formula is C11H12O2. The van der Waals surface area contributed by atoms with Gasteiger partial charge < -0.3 is 9.53 Å². The highest BCUT2D eigenvalue weighted by Crippen LogP contribution is 2.42. The third-order valence-electron chi connectivity index (χ3n) is 2.51. The molecule has 0 N–H and O–H groups in total. The van der Waals surface area contributed by atoms with Gasteiger partial charge in [0.1, 0.15) is 17.6 Å². The summed E-state index contributed by atoms with van der Waals surface area (Å²) in [5, 5.41) is 0. The maximum absolute atomic E-state index is 10.9. The van der Waals surface area contributed by atoms with Crippen molar-refractivity contribution in [1.29, 1.82) is 0 Å². The Morgan fingerprint density at radius 1 is 1.38 bits per heavy atom. The molecule has 2 rings (SSSR count). The van der Waals surface area contributed by atoms with Crippen LogP contribution in [-0.2, 0) is 4.79 Å². The van der Waals surface area contributed by atoms with E-state index >= 15 is 0 Å². The fourth-order valence-corrected chi connectivity index (χ4v) is 1.79. The second-order valence-electron chi connectivity index (χ2n) is 3.86. The van der Waals surface area contributed by atoms with E-state index in [1.165, 1.54) is 0 Å². The molecule has 1 heterocycles. The Labute approximate surface area is 77.5 Å². The van der Waals surface area contributed by atoms with Crippen LogP contribution in [0.1, 0.15) is 25.3 Å². The first-order valence-electron chi connectivity index (χ1n) is 4.38. The molecule has 13 heavy (non-hydrogen) atoms. The number of fused-ring (bicyclic) bond motifs is 1. The van der Waals surface area contributed by atoms with Crippen molar-refractivity contribution < 1.29 is 9.53 Å². The summed E-state index contributed by atoms with van der Waals surface area (Å²) in [6, 6.07) is 7.70. The molecular weight excluding hydrogens is 164 g/mol. The highest BCUT2D eigenvalue weighted by molar-refractivity contribution is 5.68. The molecule has 68 valence electrons. The summed E-state index contributed by atoms with van der Waals surface area (Å²) in [4.78, 5) is 10.9. The largest absolute Gasteiger partial charge is 0.486 e. The fourth-order valence-electron chi connectivity index (χ4n) is 1.79. The van der Waals surface area contributed by atoms with Crippen LogP contribution in [0, 0.1) is 0 Å². The Hall–Kier alpha value is -1.31. The summed E-state index contributed by atoms with van der Waals surface area (Å²) in [5.74, 6) is 0.702. The van der Waals surface area contributed by atoms with Crippen LogP contribution < -0.4 is 4.74 Å². The van der Waals surface area contributed by atoms with E-state index in [0.717, 1.165) is 17.6 Å². The van der Waals surface area contributed by atoms with Gasteiger partial charge in [-0.2, -0.15) is 0 Å². The van der Waals surface area contributed by atoms with Crippen LogP contribution in [0.4, 0.5) is 0 Å². The van der Waals surface area contributed by atoms with Crippen molar-refractivity contribution in [2.75, 3.05) is 0 Å². The van der Waals surface area contributed by atoms with Gasteiger partial charge in [0, 0.05) is 5.56 Å². The lowest BCUT2D eigenvalue weighted by molar-refractivity contribution is -0.111. The second-order valence-corrected chi connectivity index (χ2v) is 3.86. The van der Waals surface area contributed by atoms with Crippen LogP contribution in [0.5, 0.6) is 5.75 Å². The van der Waals surface area contributed by atoms with Gasteiger partial charge in [0.25, 0.3) is 0 Å². The van der Waals surface area contributed by atoms with Crippen molar-refractivity contribution in [3.05, 3.63) is 29.8 Å². The van der Waals surface area contributed by atoms with Crippen molar-refractivity contribution in [2.24, 2.45) is 0 Å². The summed E-state index contributed by atoms with van der Waals surface area (Å²) in [6.07, 6.45) is 0.964. The Morgan fingerprint density at radius 3 is 2.77 bits per heavy atom. The molecule has 1 unspecified atom stereocenters. The molecule has 0 amide bonds. The molecule has 1 aromatic rings. The van der Waals surface area contributed by atoms with Crippen molar-refractivity contribution in [1.82, 2.24) is 0 Å². The first kappa shape index (κ1) is 8.30. The average molecular weight is 176 g/mol. The highest BCUT2D eigenvalue weighted by atomic mass is 16.5. The number of carbonyl (C=O) groups excluding carboxylic acids is 1. The number of ether oxygens (including phenoxy) is 1. The molecule has 1 aromatic carbocycles. The van der Waals surface area contributed by atoms with Gasteiger partial charge >= 0.3 is 0 Å². The minimum atomic E-state index is -0.397. The summed E-state index contributed by atoms with van der Waals surface area (Å²) in [5.41, 5.74) is 0.605. The number of hydrogen-bond donors (Lipinski definition) is 0. The van der Waals surface area contributed by atoms with Crippen molar-refractivity contribution >= 4 is 6.29 Å². The molecule has 0 saturated carbocycles. The summed E-state index contributed by atoms with van der Waals surface area (Å²) < 4.78 is 5.67. The molecule has 1 aliphatic heterocycles. The lowest BCUT2D eigenvalue weighted by Crippen LogP contribution is -2.30. The maximum Gasteiger partial charge on any atom is 0.131 e. The molecule has 0 saturated heterocycles. The minimum absolute atomic E-state index is 0.135. The quantitative estimate of drug-likeness (QED) is 0.613. The first-order valence-corrected chi connectivity index (χ1v) is 4.38. The van der Waals surface area contributed by atoms with E-state index in [2.05, 4.69) is 0 Å². The van der Waals surface area contributed by atoms with E-state index in [1.54, 1.807) is 0 Å². The standard InChI is InChI=1S/C11H12O2/c1-11(2)9(7-12)8-5-3-4-6-10(8)13-11/h3-7,9H,1-2H3. The lowest BCUT2D eigenvalue weighted by atomic mass is 9.88. The number of rotatable bonds is 1. The third kappa shape index (κ3) is 1.13. The van der Waals surface area contributed by atoms with Gasteiger partial charge in [0.2, 0.25) is 0 Å². The number of benzene rings is 1. The topological polar surface area (TPSA) is 26.3 Å². The van der Waals surface area contributed by atoms with Gasteiger partial charge in [-0.25, -0.2) is 0 Å².